The van der Waals surface area contributed by atoms with Crippen molar-refractivity contribution in [2.75, 3.05) is 13.6 Å². The predicted molar refractivity (Wildman–Crippen MR) is 56.6 cm³/mol. The molecule has 0 spiro atoms. The highest BCUT2D eigenvalue weighted by atomic mass is 16.1. The lowest BCUT2D eigenvalue weighted by Gasteiger charge is -1.99. The average molecular weight is 188 g/mol. The molecule has 2 aromatic rings. The summed E-state index contributed by atoms with van der Waals surface area (Å²) in [5, 5.41) is 3.93. The Labute approximate surface area is 82.1 Å². The third kappa shape index (κ3) is 1.54. The first-order valence-electron chi connectivity index (χ1n) is 4.56. The van der Waals surface area contributed by atoms with E-state index in [0.29, 0.717) is 6.54 Å². The summed E-state index contributed by atoms with van der Waals surface area (Å²) in [6.07, 6.45) is 1.87. The number of nitrogens with one attached hydrogen (secondary N) is 2. The van der Waals surface area contributed by atoms with Crippen LogP contribution in [0.5, 0.6) is 0 Å². The molecule has 1 heterocycles. The highest BCUT2D eigenvalue weighted by Crippen LogP contribution is 2.14. The Morgan fingerprint density at radius 2 is 2.29 bits per heavy atom. The van der Waals surface area contributed by atoms with Crippen LogP contribution in [0, 0.1) is 0 Å². The normalized spacial score (nSPS) is 10.6. The van der Waals surface area contributed by atoms with Crippen LogP contribution >= 0.6 is 0 Å². The maximum Gasteiger partial charge on any atom is 0.176 e. The van der Waals surface area contributed by atoms with Gasteiger partial charge >= 0.3 is 0 Å². The first-order valence-corrected chi connectivity index (χ1v) is 4.56. The molecule has 0 amide bonds. The molecule has 3 nitrogen and oxygen atoms in total. The van der Waals surface area contributed by atoms with Gasteiger partial charge in [0.25, 0.3) is 0 Å². The summed E-state index contributed by atoms with van der Waals surface area (Å²) in [7, 11) is 1.77. The van der Waals surface area contributed by atoms with Gasteiger partial charge in [0.2, 0.25) is 0 Å². The predicted octanol–water partition coefficient (Wildman–Crippen LogP) is 1.57. The fourth-order valence-electron chi connectivity index (χ4n) is 1.49. The number of rotatable bonds is 3. The second-order valence-electron chi connectivity index (χ2n) is 3.23. The fraction of sp³-hybridized carbons (Fsp3) is 0.182. The number of hydrogen-bond acceptors (Lipinski definition) is 2. The number of likely N-dealkylation sites (N-methyl/N-ethyl adjacent to an activating group) is 1. The number of fused-ring (bicyclic) bond motifs is 1. The number of carbonyl (C=O) groups excluding carboxylic acids is 1. The second-order valence-corrected chi connectivity index (χ2v) is 3.23. The lowest BCUT2D eigenvalue weighted by atomic mass is 10.1. The Morgan fingerprint density at radius 1 is 1.43 bits per heavy atom. The van der Waals surface area contributed by atoms with Crippen LogP contribution < -0.4 is 5.32 Å². The minimum absolute atomic E-state index is 0.121. The molecular weight excluding hydrogens is 176 g/mol. The van der Waals surface area contributed by atoms with Crippen molar-refractivity contribution in [2.24, 2.45) is 0 Å². The monoisotopic (exact) mass is 188 g/mol. The molecule has 0 aliphatic rings. The van der Waals surface area contributed by atoms with Gasteiger partial charge in [-0.1, -0.05) is 0 Å². The van der Waals surface area contributed by atoms with Crippen LogP contribution in [-0.2, 0) is 0 Å². The number of carbonyl (C=O) groups is 1. The molecule has 0 atom stereocenters. The van der Waals surface area contributed by atoms with Gasteiger partial charge in [-0.3, -0.25) is 4.79 Å². The van der Waals surface area contributed by atoms with Crippen LogP contribution in [0.3, 0.4) is 0 Å². The van der Waals surface area contributed by atoms with Crippen molar-refractivity contribution in [1.82, 2.24) is 10.3 Å². The van der Waals surface area contributed by atoms with Gasteiger partial charge in [0.15, 0.2) is 5.78 Å². The zero-order chi connectivity index (χ0) is 9.97. The van der Waals surface area contributed by atoms with E-state index in [1.807, 2.05) is 30.5 Å². The summed E-state index contributed by atoms with van der Waals surface area (Å²) in [5.74, 6) is 0.121. The number of aromatic amines is 1. The molecule has 0 saturated carbocycles. The van der Waals surface area contributed by atoms with Crippen LogP contribution in [0.25, 0.3) is 10.9 Å². The fourth-order valence-corrected chi connectivity index (χ4v) is 1.49. The third-order valence-corrected chi connectivity index (χ3v) is 2.21. The van der Waals surface area contributed by atoms with Gasteiger partial charge in [-0.25, -0.2) is 0 Å². The van der Waals surface area contributed by atoms with E-state index in [2.05, 4.69) is 10.3 Å². The molecule has 0 bridgehead atoms. The first kappa shape index (κ1) is 8.97. The Hall–Kier alpha value is -1.61. The second kappa shape index (κ2) is 3.64. The molecule has 1 aromatic heterocycles. The Balaban J connectivity index is 2.38. The summed E-state index contributed by atoms with van der Waals surface area (Å²) in [6, 6.07) is 7.65. The molecule has 2 N–H and O–H groups in total. The molecule has 0 unspecified atom stereocenters. The highest BCUT2D eigenvalue weighted by Gasteiger charge is 2.04. The average Bonchev–Trinajstić information content (AvgIpc) is 2.64. The van der Waals surface area contributed by atoms with E-state index >= 15 is 0 Å². The SMILES string of the molecule is CNCC(=O)c1ccc2[nH]ccc2c1. The topological polar surface area (TPSA) is 44.9 Å². The van der Waals surface area contributed by atoms with E-state index in [1.54, 1.807) is 7.05 Å². The van der Waals surface area contributed by atoms with Crippen LogP contribution in [-0.4, -0.2) is 24.4 Å². The van der Waals surface area contributed by atoms with E-state index in [9.17, 15) is 4.79 Å². The van der Waals surface area contributed by atoms with E-state index < -0.39 is 0 Å². The van der Waals surface area contributed by atoms with Crippen molar-refractivity contribution in [2.45, 2.75) is 0 Å². The standard InChI is InChI=1S/C11H12N2O/c1-12-7-11(14)9-2-3-10-8(6-9)4-5-13-10/h2-6,12-13H,7H2,1H3. The number of H-pyrrole nitrogens is 1. The summed E-state index contributed by atoms with van der Waals surface area (Å²) in [4.78, 5) is 14.6. The number of aromatic nitrogens is 1. The number of hydrogen-bond donors (Lipinski definition) is 2. The van der Waals surface area contributed by atoms with Gasteiger partial charge in [0.05, 0.1) is 6.54 Å². The zero-order valence-corrected chi connectivity index (χ0v) is 8.00. The van der Waals surface area contributed by atoms with Crippen LogP contribution in [0.2, 0.25) is 0 Å². The van der Waals surface area contributed by atoms with Crippen molar-refractivity contribution >= 4 is 16.7 Å². The third-order valence-electron chi connectivity index (χ3n) is 2.21. The Bertz CT molecular complexity index is 459. The van der Waals surface area contributed by atoms with E-state index in [1.165, 1.54) is 0 Å². The molecule has 2 rings (SSSR count). The van der Waals surface area contributed by atoms with Gasteiger partial charge in [0.1, 0.15) is 0 Å². The van der Waals surface area contributed by atoms with Crippen LogP contribution in [0.1, 0.15) is 10.4 Å². The largest absolute Gasteiger partial charge is 0.361 e. The lowest BCUT2D eigenvalue weighted by molar-refractivity contribution is 0.0994. The first-order chi connectivity index (χ1) is 6.81. The molecular formula is C11H12N2O. The minimum atomic E-state index is 0.121. The van der Waals surface area contributed by atoms with Gasteiger partial charge in [-0.15, -0.1) is 0 Å². The molecule has 1 aromatic carbocycles. The smallest absolute Gasteiger partial charge is 0.176 e. The quantitative estimate of drug-likeness (QED) is 0.718. The molecule has 0 aliphatic heterocycles. The van der Waals surface area contributed by atoms with Crippen molar-refractivity contribution < 1.29 is 4.79 Å². The Morgan fingerprint density at radius 3 is 3.07 bits per heavy atom. The minimum Gasteiger partial charge on any atom is -0.361 e. The molecule has 0 fully saturated rings. The molecule has 72 valence electrons. The Kier molecular flexibility index (Phi) is 2.33. The molecule has 0 saturated heterocycles. The lowest BCUT2D eigenvalue weighted by Crippen LogP contribution is -2.18. The van der Waals surface area contributed by atoms with E-state index in [-0.39, 0.29) is 5.78 Å². The highest BCUT2D eigenvalue weighted by molar-refractivity contribution is 6.00. The van der Waals surface area contributed by atoms with Crippen molar-refractivity contribution in [3.05, 3.63) is 36.0 Å². The summed E-state index contributed by atoms with van der Waals surface area (Å²) >= 11 is 0. The van der Waals surface area contributed by atoms with Crippen LogP contribution in [0.4, 0.5) is 0 Å². The number of Topliss-reactive ketones (excluding diaryl/α,β-unsaturated/α-hetero) is 1. The van der Waals surface area contributed by atoms with Gasteiger partial charge in [0, 0.05) is 22.7 Å². The van der Waals surface area contributed by atoms with Crippen LogP contribution in [0.15, 0.2) is 30.5 Å². The number of ketones is 1. The van der Waals surface area contributed by atoms with Crippen molar-refractivity contribution in [3.63, 3.8) is 0 Å². The molecule has 14 heavy (non-hydrogen) atoms. The van der Waals surface area contributed by atoms with Gasteiger partial charge in [-0.05, 0) is 31.3 Å². The zero-order valence-electron chi connectivity index (χ0n) is 8.00. The van der Waals surface area contributed by atoms with E-state index in [0.717, 1.165) is 16.5 Å². The maximum atomic E-state index is 11.5. The summed E-state index contributed by atoms with van der Waals surface area (Å²) in [6.45, 7) is 0.385. The van der Waals surface area contributed by atoms with E-state index in [4.69, 9.17) is 0 Å². The molecule has 0 aliphatic carbocycles. The number of benzene rings is 1. The van der Waals surface area contributed by atoms with Crippen molar-refractivity contribution in [3.8, 4) is 0 Å². The van der Waals surface area contributed by atoms with Crippen molar-refractivity contribution in [1.29, 1.82) is 0 Å². The summed E-state index contributed by atoms with van der Waals surface area (Å²) in [5.41, 5.74) is 1.82. The molecule has 0 radical (unpaired) electrons. The van der Waals surface area contributed by atoms with Gasteiger partial charge in [-0.2, -0.15) is 0 Å². The molecule has 3 heteroatoms. The summed E-state index contributed by atoms with van der Waals surface area (Å²) < 4.78 is 0. The maximum absolute atomic E-state index is 11.5. The van der Waals surface area contributed by atoms with Gasteiger partial charge < -0.3 is 10.3 Å².